The van der Waals surface area contributed by atoms with Crippen LogP contribution in [0.25, 0.3) is 5.00 Å². The monoisotopic (exact) mass is 478 g/mol. The van der Waals surface area contributed by atoms with Gasteiger partial charge < -0.3 is 9.84 Å². The standard InChI is InChI=1S/C26H30N4O3S/c1-15-16(2)34-26-23(15)24(20-10-8-19(9-11-20)18-6-4-5-7-18)27-21(14-22(32)33-13-12-31)25-29-28-17(3)30(25)26/h8-11,18,21,31H,4-7,12-14H2,1-3H3. The molecule has 0 bridgehead atoms. The lowest BCUT2D eigenvalue weighted by Gasteiger charge is -2.14. The zero-order valence-corrected chi connectivity index (χ0v) is 20.7. The van der Waals surface area contributed by atoms with Crippen molar-refractivity contribution in [2.75, 3.05) is 13.2 Å². The van der Waals surface area contributed by atoms with Gasteiger partial charge in [0.25, 0.3) is 0 Å². The van der Waals surface area contributed by atoms with E-state index in [2.05, 4.69) is 48.3 Å². The van der Waals surface area contributed by atoms with Gasteiger partial charge in [-0.2, -0.15) is 0 Å². The number of carbonyl (C=O) groups is 1. The second-order valence-electron chi connectivity index (χ2n) is 9.15. The number of benzene rings is 1. The van der Waals surface area contributed by atoms with Gasteiger partial charge in [-0.3, -0.25) is 14.4 Å². The van der Waals surface area contributed by atoms with Gasteiger partial charge in [0, 0.05) is 16.0 Å². The van der Waals surface area contributed by atoms with Crippen LogP contribution in [0.1, 0.15) is 82.8 Å². The Hall–Kier alpha value is -2.84. The minimum absolute atomic E-state index is 0.0257. The van der Waals surface area contributed by atoms with E-state index < -0.39 is 12.0 Å². The molecule has 3 aromatic rings. The summed E-state index contributed by atoms with van der Waals surface area (Å²) >= 11 is 1.70. The summed E-state index contributed by atoms with van der Waals surface area (Å²) < 4.78 is 7.19. The third-order valence-corrected chi connectivity index (χ3v) is 8.16. The number of fused-ring (bicyclic) bond motifs is 3. The molecular formula is C26H30N4O3S. The van der Waals surface area contributed by atoms with Gasteiger partial charge in [0.1, 0.15) is 23.5 Å². The molecule has 1 unspecified atom stereocenters. The van der Waals surface area contributed by atoms with Gasteiger partial charge in [0.15, 0.2) is 5.82 Å². The molecule has 0 radical (unpaired) electrons. The first-order chi connectivity index (χ1) is 16.5. The van der Waals surface area contributed by atoms with Gasteiger partial charge in [0.05, 0.1) is 18.7 Å². The quantitative estimate of drug-likeness (QED) is 0.518. The van der Waals surface area contributed by atoms with Crippen molar-refractivity contribution in [2.24, 2.45) is 4.99 Å². The average molecular weight is 479 g/mol. The molecular weight excluding hydrogens is 448 g/mol. The Labute approximate surface area is 203 Å². The van der Waals surface area contributed by atoms with Crippen LogP contribution >= 0.6 is 11.3 Å². The molecule has 0 saturated heterocycles. The van der Waals surface area contributed by atoms with E-state index in [9.17, 15) is 4.79 Å². The summed E-state index contributed by atoms with van der Waals surface area (Å²) in [6.07, 6.45) is 5.18. The van der Waals surface area contributed by atoms with Crippen LogP contribution in [0.2, 0.25) is 0 Å². The first-order valence-corrected chi connectivity index (χ1v) is 12.8. The number of ether oxygens (including phenoxy) is 1. The molecule has 1 aliphatic heterocycles. The lowest BCUT2D eigenvalue weighted by Crippen LogP contribution is -2.15. The number of hydrogen-bond donors (Lipinski definition) is 1. The fraction of sp³-hybridized carbons (Fsp3) is 0.462. The smallest absolute Gasteiger partial charge is 0.308 e. The molecule has 34 heavy (non-hydrogen) atoms. The maximum atomic E-state index is 12.5. The molecule has 1 aromatic carbocycles. The molecule has 3 heterocycles. The third kappa shape index (κ3) is 4.09. The van der Waals surface area contributed by atoms with Crippen molar-refractivity contribution in [3.8, 4) is 5.00 Å². The lowest BCUT2D eigenvalue weighted by molar-refractivity contribution is -0.145. The topological polar surface area (TPSA) is 89.6 Å². The molecule has 2 aliphatic rings. The molecule has 1 N–H and O–H groups in total. The number of rotatable bonds is 6. The number of aliphatic imine (C=N–C) groups is 1. The van der Waals surface area contributed by atoms with Gasteiger partial charge in [-0.05, 0) is 50.7 Å². The Bertz CT molecular complexity index is 1240. The highest BCUT2D eigenvalue weighted by atomic mass is 32.1. The summed E-state index contributed by atoms with van der Waals surface area (Å²) in [5.41, 5.74) is 5.56. The summed E-state index contributed by atoms with van der Waals surface area (Å²) in [7, 11) is 0. The third-order valence-electron chi connectivity index (χ3n) is 6.96. The number of nitrogens with zero attached hydrogens (tertiary/aromatic N) is 4. The Morgan fingerprint density at radius 2 is 1.88 bits per heavy atom. The maximum Gasteiger partial charge on any atom is 0.308 e. The number of thiophene rings is 1. The van der Waals surface area contributed by atoms with Gasteiger partial charge in [-0.1, -0.05) is 37.1 Å². The number of esters is 1. The molecule has 0 spiro atoms. The van der Waals surface area contributed by atoms with E-state index in [-0.39, 0.29) is 19.6 Å². The zero-order chi connectivity index (χ0) is 23.8. The molecule has 2 aromatic heterocycles. The molecule has 1 atom stereocenters. The van der Waals surface area contributed by atoms with E-state index in [0.717, 1.165) is 27.7 Å². The Balaban J connectivity index is 1.62. The van der Waals surface area contributed by atoms with Gasteiger partial charge >= 0.3 is 5.97 Å². The van der Waals surface area contributed by atoms with Gasteiger partial charge in [-0.15, -0.1) is 21.5 Å². The summed E-state index contributed by atoms with van der Waals surface area (Å²) in [4.78, 5) is 18.9. The minimum atomic E-state index is -0.531. The first-order valence-electron chi connectivity index (χ1n) is 11.9. The zero-order valence-electron chi connectivity index (χ0n) is 19.9. The van der Waals surface area contributed by atoms with Crippen molar-refractivity contribution in [3.63, 3.8) is 0 Å². The number of aryl methyl sites for hydroxylation is 2. The van der Waals surface area contributed by atoms with E-state index in [0.29, 0.717) is 11.7 Å². The Kier molecular flexibility index (Phi) is 6.36. The minimum Gasteiger partial charge on any atom is -0.463 e. The van der Waals surface area contributed by atoms with Crippen molar-refractivity contribution < 1.29 is 14.6 Å². The molecule has 1 aliphatic carbocycles. The van der Waals surface area contributed by atoms with Crippen molar-refractivity contribution in [3.05, 3.63) is 63.0 Å². The van der Waals surface area contributed by atoms with E-state index in [1.54, 1.807) is 11.3 Å². The lowest BCUT2D eigenvalue weighted by atomic mass is 9.94. The van der Waals surface area contributed by atoms with E-state index in [1.807, 2.05) is 11.5 Å². The van der Waals surface area contributed by atoms with Crippen molar-refractivity contribution in [1.82, 2.24) is 14.8 Å². The number of carbonyl (C=O) groups excluding carboxylic acids is 1. The Morgan fingerprint density at radius 3 is 2.59 bits per heavy atom. The summed E-state index contributed by atoms with van der Waals surface area (Å²) in [5.74, 6) is 1.64. The van der Waals surface area contributed by atoms with Gasteiger partial charge in [-0.25, -0.2) is 0 Å². The summed E-state index contributed by atoms with van der Waals surface area (Å²) in [5, 5.41) is 18.8. The van der Waals surface area contributed by atoms with Crippen LogP contribution in [0.15, 0.2) is 29.3 Å². The van der Waals surface area contributed by atoms with Crippen LogP contribution in [-0.2, 0) is 9.53 Å². The summed E-state index contributed by atoms with van der Waals surface area (Å²) in [6, 6.07) is 8.29. The van der Waals surface area contributed by atoms with E-state index in [1.165, 1.54) is 41.7 Å². The fourth-order valence-electron chi connectivity index (χ4n) is 5.07. The van der Waals surface area contributed by atoms with Crippen LogP contribution in [0, 0.1) is 20.8 Å². The number of hydrogen-bond acceptors (Lipinski definition) is 7. The predicted octanol–water partition coefficient (Wildman–Crippen LogP) is 4.73. The van der Waals surface area contributed by atoms with Crippen molar-refractivity contribution in [1.29, 1.82) is 0 Å². The fourth-order valence-corrected chi connectivity index (χ4v) is 6.29. The number of aliphatic hydroxyl groups excluding tert-OH is 1. The van der Waals surface area contributed by atoms with E-state index in [4.69, 9.17) is 14.8 Å². The highest BCUT2D eigenvalue weighted by Gasteiger charge is 2.32. The predicted molar refractivity (Wildman–Crippen MR) is 132 cm³/mol. The SMILES string of the molecule is Cc1sc2c(c1C)C(c1ccc(C3CCCC3)cc1)=NC(CC(=O)OCCO)c1nnc(C)n1-2. The molecule has 0 amide bonds. The summed E-state index contributed by atoms with van der Waals surface area (Å²) in [6.45, 7) is 5.94. The van der Waals surface area contributed by atoms with Gasteiger partial charge in [0.2, 0.25) is 0 Å². The number of aromatic nitrogens is 3. The molecule has 5 rings (SSSR count). The first kappa shape index (κ1) is 22.9. The number of aliphatic hydroxyl groups is 1. The maximum absolute atomic E-state index is 12.5. The molecule has 7 nitrogen and oxygen atoms in total. The average Bonchev–Trinajstić information content (AvgIpc) is 3.54. The second kappa shape index (κ2) is 9.43. The second-order valence-corrected chi connectivity index (χ2v) is 10.4. The molecule has 1 fully saturated rings. The highest BCUT2D eigenvalue weighted by Crippen LogP contribution is 2.40. The van der Waals surface area contributed by atoms with E-state index >= 15 is 0 Å². The normalized spacial score (nSPS) is 17.8. The van der Waals surface area contributed by atoms with Crippen molar-refractivity contribution in [2.45, 2.75) is 64.8 Å². The van der Waals surface area contributed by atoms with Crippen LogP contribution < -0.4 is 0 Å². The highest BCUT2D eigenvalue weighted by molar-refractivity contribution is 7.15. The van der Waals surface area contributed by atoms with Crippen LogP contribution in [0.3, 0.4) is 0 Å². The molecule has 1 saturated carbocycles. The molecule has 178 valence electrons. The largest absolute Gasteiger partial charge is 0.463 e. The molecule has 8 heteroatoms. The van der Waals surface area contributed by atoms with Crippen molar-refractivity contribution >= 4 is 23.0 Å². The van der Waals surface area contributed by atoms with Crippen LogP contribution in [-0.4, -0.2) is 44.8 Å². The van der Waals surface area contributed by atoms with Crippen LogP contribution in [0.5, 0.6) is 0 Å². The Morgan fingerprint density at radius 1 is 1.15 bits per heavy atom. The van der Waals surface area contributed by atoms with Crippen LogP contribution in [0.4, 0.5) is 0 Å².